The van der Waals surface area contributed by atoms with Crippen molar-refractivity contribution in [2.75, 3.05) is 14.2 Å². The Morgan fingerprint density at radius 3 is 2.03 bits per heavy atom. The number of ether oxygens (including phenoxy) is 2. The van der Waals surface area contributed by atoms with Crippen LogP contribution in [0.1, 0.15) is 59.6 Å². The van der Waals surface area contributed by atoms with Crippen LogP contribution in [0.2, 0.25) is 0 Å². The Bertz CT molecular complexity index is 1290. The maximum atomic E-state index is 13.2. The van der Waals surface area contributed by atoms with Crippen LogP contribution >= 0.6 is 0 Å². The van der Waals surface area contributed by atoms with Gasteiger partial charge in [0.1, 0.15) is 6.04 Å². The molecule has 0 aliphatic rings. The summed E-state index contributed by atoms with van der Waals surface area (Å²) in [6.45, 7) is 8.96. The van der Waals surface area contributed by atoms with Crippen molar-refractivity contribution in [3.63, 3.8) is 0 Å². The Kier molecular flexibility index (Phi) is 9.78. The summed E-state index contributed by atoms with van der Waals surface area (Å²) in [5.74, 6) is -2.00. The summed E-state index contributed by atoms with van der Waals surface area (Å²) in [5, 5.41) is 4.38. The third-order valence-corrected chi connectivity index (χ3v) is 6.11. The second-order valence-electron chi connectivity index (χ2n) is 9.78. The molecule has 0 aliphatic heterocycles. The van der Waals surface area contributed by atoms with E-state index in [1.165, 1.54) is 19.4 Å². The Morgan fingerprint density at radius 2 is 1.51 bits per heavy atom. The van der Waals surface area contributed by atoms with Gasteiger partial charge in [0, 0.05) is 19.3 Å². The van der Waals surface area contributed by atoms with Gasteiger partial charge in [0.05, 0.1) is 19.1 Å². The van der Waals surface area contributed by atoms with E-state index in [4.69, 9.17) is 9.47 Å². The van der Waals surface area contributed by atoms with E-state index < -0.39 is 29.7 Å². The third-order valence-electron chi connectivity index (χ3n) is 6.11. The van der Waals surface area contributed by atoms with Gasteiger partial charge in [-0.1, -0.05) is 73.5 Å². The first-order chi connectivity index (χ1) is 18.5. The molecule has 1 heterocycles. The molecule has 0 saturated carbocycles. The predicted molar refractivity (Wildman–Crippen MR) is 148 cm³/mol. The molecule has 0 saturated heterocycles. The highest BCUT2D eigenvalue weighted by atomic mass is 16.6. The van der Waals surface area contributed by atoms with Gasteiger partial charge in [0.2, 0.25) is 5.75 Å². The van der Waals surface area contributed by atoms with Crippen LogP contribution in [0.4, 0.5) is 0 Å². The standard InChI is InChI=1S/C30H36N4O5/c1-18(2)30(37)39-27-24(38-7)14-15-31-25(27)29(36)32-21(5)28(35)33-34(6)26(22-12-8-10-19(3)16-22)23-13-9-11-20(4)17-23/h8-18,21,26H,1-7H3,(H,32,36)(H,33,35)/t21-/m0/s1. The quantitative estimate of drug-likeness (QED) is 0.298. The highest BCUT2D eigenvalue weighted by Gasteiger charge is 2.27. The van der Waals surface area contributed by atoms with E-state index in [0.717, 1.165) is 22.3 Å². The summed E-state index contributed by atoms with van der Waals surface area (Å²) < 4.78 is 10.7. The van der Waals surface area contributed by atoms with E-state index in [9.17, 15) is 14.4 Å². The van der Waals surface area contributed by atoms with Crippen LogP contribution in [-0.2, 0) is 9.59 Å². The van der Waals surface area contributed by atoms with Crippen LogP contribution in [-0.4, -0.2) is 48.0 Å². The van der Waals surface area contributed by atoms with Crippen molar-refractivity contribution in [1.82, 2.24) is 20.7 Å². The molecule has 9 heteroatoms. The lowest BCUT2D eigenvalue weighted by atomic mass is 9.96. The van der Waals surface area contributed by atoms with E-state index in [2.05, 4.69) is 27.9 Å². The molecule has 0 radical (unpaired) electrons. The predicted octanol–water partition coefficient (Wildman–Crippen LogP) is 4.14. The van der Waals surface area contributed by atoms with Gasteiger partial charge in [-0.3, -0.25) is 19.8 Å². The number of esters is 1. The van der Waals surface area contributed by atoms with Crippen LogP contribution in [0.25, 0.3) is 0 Å². The second-order valence-corrected chi connectivity index (χ2v) is 9.78. The van der Waals surface area contributed by atoms with Gasteiger partial charge < -0.3 is 14.8 Å². The summed E-state index contributed by atoms with van der Waals surface area (Å²) in [4.78, 5) is 42.6. The average molecular weight is 533 g/mol. The fourth-order valence-electron chi connectivity index (χ4n) is 4.06. The number of methoxy groups -OCH3 is 1. The van der Waals surface area contributed by atoms with Crippen LogP contribution in [0, 0.1) is 19.8 Å². The molecule has 1 aromatic heterocycles. The van der Waals surface area contributed by atoms with Gasteiger partial charge in [0.25, 0.3) is 11.8 Å². The Hall–Kier alpha value is -4.24. The molecular formula is C30H36N4O5. The largest absolute Gasteiger partial charge is 0.493 e. The molecule has 39 heavy (non-hydrogen) atoms. The van der Waals surface area contributed by atoms with Crippen molar-refractivity contribution >= 4 is 17.8 Å². The van der Waals surface area contributed by atoms with Crippen molar-refractivity contribution in [3.8, 4) is 11.5 Å². The fourth-order valence-corrected chi connectivity index (χ4v) is 4.06. The average Bonchev–Trinajstić information content (AvgIpc) is 2.88. The second kappa shape index (κ2) is 13.0. The first-order valence-electron chi connectivity index (χ1n) is 12.7. The first-order valence-corrected chi connectivity index (χ1v) is 12.7. The maximum absolute atomic E-state index is 13.2. The van der Waals surface area contributed by atoms with Crippen molar-refractivity contribution in [3.05, 3.63) is 88.7 Å². The lowest BCUT2D eigenvalue weighted by Crippen LogP contribution is -2.51. The lowest BCUT2D eigenvalue weighted by molar-refractivity contribution is -0.138. The number of nitrogens with zero attached hydrogens (tertiary/aromatic N) is 2. The van der Waals surface area contributed by atoms with E-state index in [0.29, 0.717) is 0 Å². The number of aromatic nitrogens is 1. The van der Waals surface area contributed by atoms with Crippen molar-refractivity contribution in [2.45, 2.75) is 46.7 Å². The van der Waals surface area contributed by atoms with Crippen LogP contribution in [0.15, 0.2) is 60.8 Å². The number of amides is 2. The summed E-state index contributed by atoms with van der Waals surface area (Å²) >= 11 is 0. The molecule has 9 nitrogen and oxygen atoms in total. The number of aryl methyl sites for hydroxylation is 2. The third kappa shape index (κ3) is 7.42. The Balaban J connectivity index is 1.80. The maximum Gasteiger partial charge on any atom is 0.313 e. The molecule has 1 atom stereocenters. The summed E-state index contributed by atoms with van der Waals surface area (Å²) in [6.07, 6.45) is 1.37. The van der Waals surface area contributed by atoms with E-state index in [1.807, 2.05) is 50.2 Å². The monoisotopic (exact) mass is 532 g/mol. The highest BCUT2D eigenvalue weighted by molar-refractivity contribution is 5.99. The molecule has 0 aliphatic carbocycles. The molecule has 206 valence electrons. The zero-order valence-electron chi connectivity index (χ0n) is 23.4. The lowest BCUT2D eigenvalue weighted by Gasteiger charge is -2.31. The number of nitrogens with one attached hydrogen (secondary N) is 2. The summed E-state index contributed by atoms with van der Waals surface area (Å²) in [6, 6.07) is 16.5. The molecule has 2 amide bonds. The van der Waals surface area contributed by atoms with Crippen molar-refractivity contribution in [2.24, 2.45) is 5.92 Å². The highest BCUT2D eigenvalue weighted by Crippen LogP contribution is 2.31. The Morgan fingerprint density at radius 1 is 0.923 bits per heavy atom. The zero-order chi connectivity index (χ0) is 28.7. The molecule has 0 bridgehead atoms. The Labute approximate surface area is 229 Å². The molecule has 2 N–H and O–H groups in total. The zero-order valence-corrected chi connectivity index (χ0v) is 23.4. The van der Waals surface area contributed by atoms with Crippen LogP contribution in [0.3, 0.4) is 0 Å². The fraction of sp³-hybridized carbons (Fsp3) is 0.333. The molecule has 0 spiro atoms. The number of hydrazine groups is 1. The minimum Gasteiger partial charge on any atom is -0.493 e. The first kappa shape index (κ1) is 29.3. The summed E-state index contributed by atoms with van der Waals surface area (Å²) in [5.41, 5.74) is 6.97. The number of hydrogen-bond donors (Lipinski definition) is 2. The molecule has 0 fully saturated rings. The van der Waals surface area contributed by atoms with Crippen molar-refractivity contribution in [1.29, 1.82) is 0 Å². The van der Waals surface area contributed by atoms with Crippen LogP contribution < -0.4 is 20.2 Å². The molecular weight excluding hydrogens is 496 g/mol. The topological polar surface area (TPSA) is 110 Å². The van der Waals surface area contributed by atoms with Crippen LogP contribution in [0.5, 0.6) is 11.5 Å². The minimum atomic E-state index is -0.933. The van der Waals surface area contributed by atoms with Gasteiger partial charge in [-0.15, -0.1) is 0 Å². The van der Waals surface area contributed by atoms with Gasteiger partial charge in [-0.2, -0.15) is 0 Å². The van der Waals surface area contributed by atoms with E-state index >= 15 is 0 Å². The van der Waals surface area contributed by atoms with Gasteiger partial charge in [-0.05, 0) is 31.9 Å². The molecule has 0 unspecified atom stereocenters. The SMILES string of the molecule is COc1ccnc(C(=O)N[C@@H](C)C(=O)NN(C)C(c2cccc(C)c2)c2cccc(C)c2)c1OC(=O)C(C)C. The number of hydrogen-bond acceptors (Lipinski definition) is 7. The van der Waals surface area contributed by atoms with Gasteiger partial charge >= 0.3 is 5.97 Å². The molecule has 3 rings (SSSR count). The van der Waals surface area contributed by atoms with Gasteiger partial charge in [0.15, 0.2) is 11.4 Å². The molecule has 2 aromatic carbocycles. The normalized spacial score (nSPS) is 11.8. The minimum absolute atomic E-state index is 0.0973. The number of benzene rings is 2. The number of carbonyl (C=O) groups is 3. The van der Waals surface area contributed by atoms with Crippen molar-refractivity contribution < 1.29 is 23.9 Å². The summed E-state index contributed by atoms with van der Waals surface area (Å²) in [7, 11) is 3.18. The van der Waals surface area contributed by atoms with Gasteiger partial charge in [-0.25, -0.2) is 9.99 Å². The number of rotatable bonds is 10. The molecule has 3 aromatic rings. The van der Waals surface area contributed by atoms with E-state index in [1.54, 1.807) is 32.8 Å². The smallest absolute Gasteiger partial charge is 0.313 e. The number of carbonyl (C=O) groups excluding carboxylic acids is 3. The number of pyridine rings is 1. The van der Waals surface area contributed by atoms with E-state index in [-0.39, 0.29) is 23.2 Å².